The van der Waals surface area contributed by atoms with Gasteiger partial charge >= 0.3 is 0 Å². The van der Waals surface area contributed by atoms with Gasteiger partial charge in [-0.05, 0) is 92.0 Å². The van der Waals surface area contributed by atoms with E-state index in [-0.39, 0.29) is 11.9 Å². The molecule has 0 radical (unpaired) electrons. The molecule has 3 heterocycles. The number of hydrogen-bond acceptors (Lipinski definition) is 4. The minimum absolute atomic E-state index is 0.135. The topological polar surface area (TPSA) is 58.1 Å². The number of hydrogen-bond donors (Lipinski definition) is 1. The molecule has 5 rings (SSSR count). The molecule has 1 N–H and O–H groups in total. The first-order valence-corrected chi connectivity index (χ1v) is 11.9. The Morgan fingerprint density at radius 1 is 1.09 bits per heavy atom. The summed E-state index contributed by atoms with van der Waals surface area (Å²) in [5, 5.41) is 4.81. The van der Waals surface area contributed by atoms with E-state index in [1.807, 2.05) is 42.5 Å². The van der Waals surface area contributed by atoms with Gasteiger partial charge in [0, 0.05) is 41.0 Å². The van der Waals surface area contributed by atoms with Gasteiger partial charge in [0.2, 0.25) is 0 Å². The molecule has 0 aliphatic carbocycles. The van der Waals surface area contributed by atoms with E-state index < -0.39 is 0 Å². The van der Waals surface area contributed by atoms with Crippen LogP contribution in [0.4, 0.5) is 0 Å². The SMILES string of the molecule is Cc1cc2nc(C(=O)NC3CCN(C)C3)cc(-c3ccccc3Cl)c2c(C)c1-c1ccncc1. The minimum Gasteiger partial charge on any atom is -0.347 e. The van der Waals surface area contributed by atoms with Crippen LogP contribution in [0.5, 0.6) is 0 Å². The van der Waals surface area contributed by atoms with Gasteiger partial charge in [0.1, 0.15) is 5.69 Å². The molecule has 6 heteroatoms. The third-order valence-corrected chi connectivity index (χ3v) is 6.97. The number of likely N-dealkylation sites (N-methyl/N-ethyl adjacent to an activating group) is 1. The lowest BCUT2D eigenvalue weighted by Gasteiger charge is -2.19. The summed E-state index contributed by atoms with van der Waals surface area (Å²) in [6.07, 6.45) is 4.56. The number of nitrogens with zero attached hydrogens (tertiary/aromatic N) is 3. The second-order valence-electron chi connectivity index (χ2n) is 9.08. The first kappa shape index (κ1) is 22.5. The molecule has 1 fully saturated rings. The van der Waals surface area contributed by atoms with Crippen molar-refractivity contribution in [3.05, 3.63) is 82.8 Å². The highest BCUT2D eigenvalue weighted by molar-refractivity contribution is 6.33. The van der Waals surface area contributed by atoms with Gasteiger partial charge in [-0.3, -0.25) is 9.78 Å². The van der Waals surface area contributed by atoms with E-state index in [0.717, 1.165) is 63.8 Å². The lowest BCUT2D eigenvalue weighted by molar-refractivity contribution is 0.0934. The van der Waals surface area contributed by atoms with E-state index in [9.17, 15) is 4.79 Å². The summed E-state index contributed by atoms with van der Waals surface area (Å²) in [7, 11) is 2.07. The van der Waals surface area contributed by atoms with Crippen LogP contribution in [-0.2, 0) is 0 Å². The Balaban J connectivity index is 1.71. The highest BCUT2D eigenvalue weighted by Crippen LogP contribution is 2.40. The molecule has 1 aliphatic heterocycles. The second kappa shape index (κ2) is 9.16. The van der Waals surface area contributed by atoms with Crippen molar-refractivity contribution >= 4 is 28.4 Å². The molecule has 1 unspecified atom stereocenters. The maximum atomic E-state index is 13.2. The zero-order valence-corrected chi connectivity index (χ0v) is 20.4. The second-order valence-corrected chi connectivity index (χ2v) is 9.49. The van der Waals surface area contributed by atoms with Gasteiger partial charge in [0.25, 0.3) is 5.91 Å². The molecule has 172 valence electrons. The number of amides is 1. The molecular formula is C28H27ClN4O. The third-order valence-electron chi connectivity index (χ3n) is 6.64. The van der Waals surface area contributed by atoms with E-state index in [1.165, 1.54) is 0 Å². The minimum atomic E-state index is -0.149. The van der Waals surface area contributed by atoms with Crippen LogP contribution in [0, 0.1) is 13.8 Å². The molecule has 0 saturated carbocycles. The van der Waals surface area contributed by atoms with Crippen LogP contribution in [0.15, 0.2) is 60.9 Å². The van der Waals surface area contributed by atoms with E-state index in [2.05, 4.69) is 42.2 Å². The molecule has 2 aromatic carbocycles. The molecule has 1 aliphatic rings. The number of halogens is 1. The van der Waals surface area contributed by atoms with Crippen molar-refractivity contribution in [1.82, 2.24) is 20.2 Å². The number of benzene rings is 2. The van der Waals surface area contributed by atoms with Crippen molar-refractivity contribution < 1.29 is 4.79 Å². The van der Waals surface area contributed by atoms with Crippen LogP contribution >= 0.6 is 11.6 Å². The Bertz CT molecular complexity index is 1390. The summed E-state index contributed by atoms with van der Waals surface area (Å²) in [5.41, 5.74) is 7.46. The molecule has 0 bridgehead atoms. The van der Waals surface area contributed by atoms with Crippen LogP contribution in [0.25, 0.3) is 33.2 Å². The van der Waals surface area contributed by atoms with Gasteiger partial charge in [-0.15, -0.1) is 0 Å². The van der Waals surface area contributed by atoms with E-state index >= 15 is 0 Å². The Labute approximate surface area is 204 Å². The van der Waals surface area contributed by atoms with Gasteiger partial charge in [0.15, 0.2) is 0 Å². The smallest absolute Gasteiger partial charge is 0.270 e. The van der Waals surface area contributed by atoms with Crippen molar-refractivity contribution in [2.45, 2.75) is 26.3 Å². The largest absolute Gasteiger partial charge is 0.347 e. The number of nitrogens with one attached hydrogen (secondary N) is 1. The summed E-state index contributed by atoms with van der Waals surface area (Å²) in [4.78, 5) is 24.5. The van der Waals surface area contributed by atoms with Gasteiger partial charge in [-0.2, -0.15) is 0 Å². The average Bonchev–Trinajstić information content (AvgIpc) is 3.23. The lowest BCUT2D eigenvalue weighted by atomic mass is 9.89. The first-order valence-electron chi connectivity index (χ1n) is 11.5. The summed E-state index contributed by atoms with van der Waals surface area (Å²) in [6, 6.07) is 15.9. The van der Waals surface area contributed by atoms with Crippen LogP contribution in [0.2, 0.25) is 5.02 Å². The molecule has 34 heavy (non-hydrogen) atoms. The van der Waals surface area contributed by atoms with Gasteiger partial charge in [0.05, 0.1) is 5.52 Å². The maximum absolute atomic E-state index is 13.2. The van der Waals surface area contributed by atoms with Crippen molar-refractivity contribution in [1.29, 1.82) is 0 Å². The van der Waals surface area contributed by atoms with Gasteiger partial charge in [-0.25, -0.2) is 4.98 Å². The predicted octanol–water partition coefficient (Wildman–Crippen LogP) is 5.67. The Kier molecular flexibility index (Phi) is 6.07. The standard InChI is InChI=1S/C28H27ClN4O/c1-17-14-24-27(18(2)26(17)19-8-11-30-12-9-19)22(21-6-4-5-7-23(21)29)15-25(32-24)28(34)31-20-10-13-33(3)16-20/h4-9,11-12,14-15,20H,10,13,16H2,1-3H3,(H,31,34). The zero-order valence-electron chi connectivity index (χ0n) is 19.6. The number of rotatable bonds is 4. The monoisotopic (exact) mass is 470 g/mol. The number of carbonyl (C=O) groups is 1. The predicted molar refractivity (Wildman–Crippen MR) is 138 cm³/mol. The van der Waals surface area contributed by atoms with Gasteiger partial charge in [-0.1, -0.05) is 29.8 Å². The maximum Gasteiger partial charge on any atom is 0.270 e. The molecule has 2 aromatic heterocycles. The molecule has 5 nitrogen and oxygen atoms in total. The van der Waals surface area contributed by atoms with Crippen LogP contribution in [0.1, 0.15) is 28.0 Å². The Hall–Kier alpha value is -3.28. The number of pyridine rings is 2. The molecule has 1 saturated heterocycles. The van der Waals surface area contributed by atoms with Gasteiger partial charge < -0.3 is 10.2 Å². The van der Waals surface area contributed by atoms with Crippen LogP contribution in [-0.4, -0.2) is 47.0 Å². The van der Waals surface area contributed by atoms with Crippen LogP contribution < -0.4 is 5.32 Å². The molecule has 4 aromatic rings. The Morgan fingerprint density at radius 3 is 2.56 bits per heavy atom. The van der Waals surface area contributed by atoms with E-state index in [1.54, 1.807) is 12.4 Å². The summed E-state index contributed by atoms with van der Waals surface area (Å²) in [5.74, 6) is -0.149. The average molecular weight is 471 g/mol. The van der Waals surface area contributed by atoms with E-state index in [0.29, 0.717) is 10.7 Å². The third kappa shape index (κ3) is 4.17. The molecule has 0 spiro atoms. The summed E-state index contributed by atoms with van der Waals surface area (Å²) < 4.78 is 0. The fourth-order valence-electron chi connectivity index (χ4n) is 5.04. The highest BCUT2D eigenvalue weighted by atomic mass is 35.5. The number of carbonyl (C=O) groups excluding carboxylic acids is 1. The number of aromatic nitrogens is 2. The molecular weight excluding hydrogens is 444 g/mol. The fraction of sp³-hybridized carbons (Fsp3) is 0.250. The number of fused-ring (bicyclic) bond motifs is 1. The number of aryl methyl sites for hydroxylation is 2. The van der Waals surface area contributed by atoms with Crippen molar-refractivity contribution in [2.75, 3.05) is 20.1 Å². The lowest BCUT2D eigenvalue weighted by Crippen LogP contribution is -2.36. The summed E-state index contributed by atoms with van der Waals surface area (Å²) >= 11 is 6.65. The normalized spacial score (nSPS) is 16.2. The summed E-state index contributed by atoms with van der Waals surface area (Å²) in [6.45, 7) is 6.03. The molecule has 1 atom stereocenters. The van der Waals surface area contributed by atoms with Crippen molar-refractivity contribution in [3.8, 4) is 22.3 Å². The molecule has 1 amide bonds. The zero-order chi connectivity index (χ0) is 23.8. The number of likely N-dealkylation sites (tertiary alicyclic amines) is 1. The van der Waals surface area contributed by atoms with Crippen molar-refractivity contribution in [3.63, 3.8) is 0 Å². The quantitative estimate of drug-likeness (QED) is 0.417. The fourth-order valence-corrected chi connectivity index (χ4v) is 5.28. The Morgan fingerprint density at radius 2 is 1.85 bits per heavy atom. The van der Waals surface area contributed by atoms with Crippen LogP contribution in [0.3, 0.4) is 0 Å². The van der Waals surface area contributed by atoms with Crippen molar-refractivity contribution in [2.24, 2.45) is 0 Å². The van der Waals surface area contributed by atoms with E-state index in [4.69, 9.17) is 16.6 Å². The first-order chi connectivity index (χ1) is 16.4. The highest BCUT2D eigenvalue weighted by Gasteiger charge is 2.24.